The lowest BCUT2D eigenvalue weighted by Crippen LogP contribution is -1.99. The molecule has 1 unspecified atom stereocenters. The van der Waals surface area contributed by atoms with E-state index in [9.17, 15) is 9.50 Å². The molecule has 1 nitrogen and oxygen atoms in total. The lowest BCUT2D eigenvalue weighted by molar-refractivity contribution is 0.165. The molecule has 0 saturated carbocycles. The number of unbranched alkanes of at least 4 members (excludes halogenated alkanes) is 1. The molecule has 0 radical (unpaired) electrons. The number of hydrogen-bond donors (Lipinski definition) is 1. The average Bonchev–Trinajstić information content (AvgIpc) is 2.22. The number of benzene rings is 1. The maximum Gasteiger partial charge on any atom is 0.142 e. The zero-order valence-electron chi connectivity index (χ0n) is 8.21. The first-order valence-electron chi connectivity index (χ1n) is 4.72. The van der Waals surface area contributed by atoms with Crippen molar-refractivity contribution in [3.63, 3.8) is 0 Å². The first-order chi connectivity index (χ1) is 7.16. The highest BCUT2D eigenvalue weighted by atomic mass is 35.5. The van der Waals surface area contributed by atoms with Crippen LogP contribution in [0.15, 0.2) is 18.2 Å². The van der Waals surface area contributed by atoms with Crippen LogP contribution in [0.1, 0.15) is 30.9 Å². The van der Waals surface area contributed by atoms with Gasteiger partial charge in [-0.1, -0.05) is 23.7 Å². The van der Waals surface area contributed by atoms with E-state index >= 15 is 0 Å². The van der Waals surface area contributed by atoms with Crippen molar-refractivity contribution in [3.05, 3.63) is 34.6 Å². The Kier molecular flexibility index (Phi) is 4.61. The SMILES string of the molecule is C#CCCCC(O)c1cccc(F)c1Cl. The van der Waals surface area contributed by atoms with Gasteiger partial charge in [0, 0.05) is 12.0 Å². The lowest BCUT2D eigenvalue weighted by Gasteiger charge is -2.11. The van der Waals surface area contributed by atoms with Crippen LogP contribution in [0, 0.1) is 18.2 Å². The molecule has 1 N–H and O–H groups in total. The van der Waals surface area contributed by atoms with Crippen molar-refractivity contribution in [2.24, 2.45) is 0 Å². The largest absolute Gasteiger partial charge is 0.388 e. The molecule has 1 aromatic carbocycles. The summed E-state index contributed by atoms with van der Waals surface area (Å²) in [6.45, 7) is 0. The van der Waals surface area contributed by atoms with E-state index in [0.29, 0.717) is 24.8 Å². The van der Waals surface area contributed by atoms with Crippen LogP contribution in [-0.4, -0.2) is 5.11 Å². The molecule has 1 atom stereocenters. The summed E-state index contributed by atoms with van der Waals surface area (Å²) in [5.74, 6) is 1.97. The first kappa shape index (κ1) is 12.0. The highest BCUT2D eigenvalue weighted by Gasteiger charge is 2.13. The second-order valence-corrected chi connectivity index (χ2v) is 3.63. The van der Waals surface area contributed by atoms with Gasteiger partial charge in [-0.15, -0.1) is 12.3 Å². The highest BCUT2D eigenvalue weighted by molar-refractivity contribution is 6.31. The summed E-state index contributed by atoms with van der Waals surface area (Å²) < 4.78 is 13.1. The highest BCUT2D eigenvalue weighted by Crippen LogP contribution is 2.28. The van der Waals surface area contributed by atoms with Gasteiger partial charge >= 0.3 is 0 Å². The van der Waals surface area contributed by atoms with E-state index in [-0.39, 0.29) is 5.02 Å². The smallest absolute Gasteiger partial charge is 0.142 e. The van der Waals surface area contributed by atoms with Gasteiger partial charge in [-0.3, -0.25) is 0 Å². The first-order valence-corrected chi connectivity index (χ1v) is 5.10. The monoisotopic (exact) mass is 226 g/mol. The summed E-state index contributed by atoms with van der Waals surface area (Å²) in [6.07, 6.45) is 6.13. The van der Waals surface area contributed by atoms with Gasteiger partial charge in [-0.2, -0.15) is 0 Å². The molecule has 0 aromatic heterocycles. The summed E-state index contributed by atoms with van der Waals surface area (Å²) in [6, 6.07) is 4.41. The molecule has 0 bridgehead atoms. The molecule has 0 heterocycles. The van der Waals surface area contributed by atoms with Crippen LogP contribution in [0.2, 0.25) is 5.02 Å². The number of rotatable bonds is 4. The van der Waals surface area contributed by atoms with E-state index in [2.05, 4.69) is 5.92 Å². The van der Waals surface area contributed by atoms with Crippen molar-refractivity contribution in [2.75, 3.05) is 0 Å². The van der Waals surface area contributed by atoms with Crippen molar-refractivity contribution < 1.29 is 9.50 Å². The Balaban J connectivity index is 2.70. The predicted molar refractivity (Wildman–Crippen MR) is 59.1 cm³/mol. The number of terminal acetylenes is 1. The maximum atomic E-state index is 13.1. The van der Waals surface area contributed by atoms with Gasteiger partial charge in [-0.25, -0.2) is 4.39 Å². The van der Waals surface area contributed by atoms with Gasteiger partial charge in [0.05, 0.1) is 11.1 Å². The summed E-state index contributed by atoms with van der Waals surface area (Å²) in [7, 11) is 0. The number of aliphatic hydroxyl groups is 1. The Morgan fingerprint density at radius 1 is 1.53 bits per heavy atom. The molecule has 0 aliphatic heterocycles. The molecular weight excluding hydrogens is 215 g/mol. The molecule has 0 aliphatic rings. The third-order valence-electron chi connectivity index (χ3n) is 2.14. The van der Waals surface area contributed by atoms with Crippen molar-refractivity contribution in [1.29, 1.82) is 0 Å². The third kappa shape index (κ3) is 3.23. The topological polar surface area (TPSA) is 20.2 Å². The molecular formula is C12H12ClFO. The quantitative estimate of drug-likeness (QED) is 0.617. The second-order valence-electron chi connectivity index (χ2n) is 3.26. The van der Waals surface area contributed by atoms with Crippen molar-refractivity contribution in [1.82, 2.24) is 0 Å². The summed E-state index contributed by atoms with van der Waals surface area (Å²) >= 11 is 5.73. The molecule has 0 fully saturated rings. The Morgan fingerprint density at radius 2 is 2.27 bits per heavy atom. The zero-order chi connectivity index (χ0) is 11.3. The van der Waals surface area contributed by atoms with E-state index < -0.39 is 11.9 Å². The van der Waals surface area contributed by atoms with Gasteiger partial charge in [-0.05, 0) is 18.9 Å². The van der Waals surface area contributed by atoms with E-state index in [1.807, 2.05) is 0 Å². The average molecular weight is 227 g/mol. The number of hydrogen-bond acceptors (Lipinski definition) is 1. The Bertz CT molecular complexity index is 370. The second kappa shape index (κ2) is 5.75. The summed E-state index contributed by atoms with van der Waals surface area (Å²) in [5, 5.41) is 9.72. The molecule has 3 heteroatoms. The van der Waals surface area contributed by atoms with Gasteiger partial charge in [0.1, 0.15) is 5.82 Å². The molecule has 0 amide bonds. The Labute approximate surface area is 93.9 Å². The molecule has 0 spiro atoms. The van der Waals surface area contributed by atoms with Gasteiger partial charge in [0.2, 0.25) is 0 Å². The molecule has 0 saturated heterocycles. The summed E-state index contributed by atoms with van der Waals surface area (Å²) in [5.41, 5.74) is 0.425. The minimum absolute atomic E-state index is 0.00860. The maximum absolute atomic E-state index is 13.1. The number of halogens is 2. The fourth-order valence-electron chi connectivity index (χ4n) is 1.33. The van der Waals surface area contributed by atoms with E-state index in [4.69, 9.17) is 18.0 Å². The molecule has 0 aliphatic carbocycles. The van der Waals surface area contributed by atoms with Crippen LogP contribution in [-0.2, 0) is 0 Å². The third-order valence-corrected chi connectivity index (χ3v) is 2.54. The predicted octanol–water partition coefficient (Wildman–Crippen LogP) is 3.32. The Morgan fingerprint density at radius 3 is 2.93 bits per heavy atom. The molecule has 1 rings (SSSR count). The summed E-state index contributed by atoms with van der Waals surface area (Å²) in [4.78, 5) is 0. The van der Waals surface area contributed by atoms with Crippen LogP contribution < -0.4 is 0 Å². The van der Waals surface area contributed by atoms with Gasteiger partial charge < -0.3 is 5.11 Å². The molecule has 15 heavy (non-hydrogen) atoms. The van der Waals surface area contributed by atoms with Crippen molar-refractivity contribution in [3.8, 4) is 12.3 Å². The van der Waals surface area contributed by atoms with E-state index in [1.165, 1.54) is 12.1 Å². The van der Waals surface area contributed by atoms with Crippen molar-refractivity contribution >= 4 is 11.6 Å². The van der Waals surface area contributed by atoms with E-state index in [1.54, 1.807) is 6.07 Å². The minimum atomic E-state index is -0.749. The van der Waals surface area contributed by atoms with Crippen LogP contribution in [0.4, 0.5) is 4.39 Å². The van der Waals surface area contributed by atoms with Gasteiger partial charge in [0.25, 0.3) is 0 Å². The Hall–Kier alpha value is -1.04. The molecule has 1 aromatic rings. The fraction of sp³-hybridized carbons (Fsp3) is 0.333. The molecule has 80 valence electrons. The minimum Gasteiger partial charge on any atom is -0.388 e. The van der Waals surface area contributed by atoms with Crippen LogP contribution >= 0.6 is 11.6 Å². The van der Waals surface area contributed by atoms with Gasteiger partial charge in [0.15, 0.2) is 0 Å². The zero-order valence-corrected chi connectivity index (χ0v) is 8.97. The lowest BCUT2D eigenvalue weighted by atomic mass is 10.0. The number of aliphatic hydroxyl groups excluding tert-OH is 1. The fourth-order valence-corrected chi connectivity index (χ4v) is 1.58. The van der Waals surface area contributed by atoms with Crippen LogP contribution in [0.3, 0.4) is 0 Å². The normalized spacial score (nSPS) is 12.1. The van der Waals surface area contributed by atoms with Crippen molar-refractivity contribution in [2.45, 2.75) is 25.4 Å². The van der Waals surface area contributed by atoms with Crippen LogP contribution in [0.5, 0.6) is 0 Å². The van der Waals surface area contributed by atoms with Crippen LogP contribution in [0.25, 0.3) is 0 Å². The van der Waals surface area contributed by atoms with E-state index in [0.717, 1.165) is 0 Å². The standard InChI is InChI=1S/C12H12ClFO/c1-2-3-4-8-11(15)9-6-5-7-10(14)12(9)13/h1,5-7,11,15H,3-4,8H2.